The fourth-order valence-corrected chi connectivity index (χ4v) is 1.99. The minimum atomic E-state index is -0.594. The highest BCUT2D eigenvalue weighted by molar-refractivity contribution is 14.0. The lowest BCUT2D eigenvalue weighted by molar-refractivity contribution is 0.180. The Morgan fingerprint density at radius 3 is 2.48 bits per heavy atom. The van der Waals surface area contributed by atoms with Crippen LogP contribution in [0.4, 0.5) is 0 Å². The van der Waals surface area contributed by atoms with Gasteiger partial charge in [-0.2, -0.15) is 0 Å². The molecule has 3 N–H and O–H groups in total. The quantitative estimate of drug-likeness (QED) is 0.377. The zero-order valence-corrected chi connectivity index (χ0v) is 15.5. The molecule has 5 nitrogen and oxygen atoms in total. The minimum absolute atomic E-state index is 0. The number of aliphatic imine (C=N–C) groups is 1. The topological polar surface area (TPSA) is 69.5 Å². The van der Waals surface area contributed by atoms with Crippen molar-refractivity contribution >= 4 is 29.9 Å². The summed E-state index contributed by atoms with van der Waals surface area (Å²) in [7, 11) is 0. The second-order valence-electron chi connectivity index (χ2n) is 4.86. The van der Waals surface area contributed by atoms with Crippen LogP contribution < -0.4 is 10.6 Å². The van der Waals surface area contributed by atoms with Crippen LogP contribution in [-0.2, 0) is 6.54 Å². The zero-order valence-electron chi connectivity index (χ0n) is 13.1. The summed E-state index contributed by atoms with van der Waals surface area (Å²) in [6.07, 6.45) is 2.75. The van der Waals surface area contributed by atoms with Crippen LogP contribution in [0, 0.1) is 0 Å². The summed E-state index contributed by atoms with van der Waals surface area (Å²) in [6.45, 7) is 3.77. The molecule has 0 aliphatic carbocycles. The van der Waals surface area contributed by atoms with Gasteiger partial charge in [-0.05, 0) is 30.2 Å². The lowest BCUT2D eigenvalue weighted by Gasteiger charge is -2.15. The lowest BCUT2D eigenvalue weighted by atomic mass is 10.1. The first-order valence-corrected chi connectivity index (χ1v) is 7.43. The maximum atomic E-state index is 10.1. The number of halogens is 1. The first-order chi connectivity index (χ1) is 10.8. The van der Waals surface area contributed by atoms with Gasteiger partial charge < -0.3 is 15.7 Å². The molecule has 0 bridgehead atoms. The molecular weight excluding hydrogens is 403 g/mol. The maximum Gasteiger partial charge on any atom is 0.191 e. The molecule has 0 saturated carbocycles. The van der Waals surface area contributed by atoms with Crippen molar-refractivity contribution in [1.82, 2.24) is 15.6 Å². The number of benzene rings is 1. The van der Waals surface area contributed by atoms with Crippen LogP contribution in [0.5, 0.6) is 0 Å². The Balaban J connectivity index is 0.00000264. The number of guanidine groups is 1. The lowest BCUT2D eigenvalue weighted by Crippen LogP contribution is -2.39. The molecule has 6 heteroatoms. The molecule has 1 unspecified atom stereocenters. The van der Waals surface area contributed by atoms with Gasteiger partial charge in [-0.25, -0.2) is 4.99 Å². The van der Waals surface area contributed by atoms with Crippen LogP contribution in [0.1, 0.15) is 24.2 Å². The molecule has 0 aliphatic rings. The average molecular weight is 426 g/mol. The second-order valence-corrected chi connectivity index (χ2v) is 4.86. The predicted molar refractivity (Wildman–Crippen MR) is 104 cm³/mol. The van der Waals surface area contributed by atoms with Crippen molar-refractivity contribution in [2.24, 2.45) is 4.99 Å². The van der Waals surface area contributed by atoms with Crippen molar-refractivity contribution in [1.29, 1.82) is 0 Å². The summed E-state index contributed by atoms with van der Waals surface area (Å²) in [6, 6.07) is 13.7. The normalized spacial score (nSPS) is 12.2. The van der Waals surface area contributed by atoms with E-state index in [0.29, 0.717) is 19.0 Å². The largest absolute Gasteiger partial charge is 0.387 e. The minimum Gasteiger partial charge on any atom is -0.387 e. The molecule has 0 radical (unpaired) electrons. The van der Waals surface area contributed by atoms with Gasteiger partial charge in [0.1, 0.15) is 0 Å². The molecule has 1 heterocycles. The van der Waals surface area contributed by atoms with Crippen LogP contribution in [0.25, 0.3) is 0 Å². The highest BCUT2D eigenvalue weighted by Crippen LogP contribution is 2.09. The SMILES string of the molecule is CCNC(=NCc1ccccc1)NCC(O)c1ccncc1.I. The van der Waals surface area contributed by atoms with E-state index in [1.807, 2.05) is 37.3 Å². The molecule has 2 rings (SSSR count). The van der Waals surface area contributed by atoms with Crippen LogP contribution >= 0.6 is 24.0 Å². The fourth-order valence-electron chi connectivity index (χ4n) is 1.99. The third-order valence-electron chi connectivity index (χ3n) is 3.16. The van der Waals surface area contributed by atoms with E-state index < -0.39 is 6.10 Å². The number of nitrogens with zero attached hydrogens (tertiary/aromatic N) is 2. The van der Waals surface area contributed by atoms with E-state index >= 15 is 0 Å². The summed E-state index contributed by atoms with van der Waals surface area (Å²) in [4.78, 5) is 8.47. The molecule has 0 fully saturated rings. The smallest absolute Gasteiger partial charge is 0.191 e. The summed E-state index contributed by atoms with van der Waals surface area (Å²) >= 11 is 0. The van der Waals surface area contributed by atoms with Gasteiger partial charge >= 0.3 is 0 Å². The number of pyridine rings is 1. The second kappa shape index (κ2) is 11.0. The Labute approximate surface area is 154 Å². The van der Waals surface area contributed by atoms with Crippen LogP contribution in [0.2, 0.25) is 0 Å². The van der Waals surface area contributed by atoms with Crippen LogP contribution in [-0.4, -0.2) is 29.1 Å². The zero-order chi connectivity index (χ0) is 15.6. The fraction of sp³-hybridized carbons (Fsp3) is 0.294. The Morgan fingerprint density at radius 2 is 1.83 bits per heavy atom. The third-order valence-corrected chi connectivity index (χ3v) is 3.16. The van der Waals surface area contributed by atoms with Crippen molar-refractivity contribution in [3.05, 3.63) is 66.0 Å². The first kappa shape index (κ1) is 19.4. The standard InChI is InChI=1S/C17H22N4O.HI/c1-2-19-17(20-12-14-6-4-3-5-7-14)21-13-16(22)15-8-10-18-11-9-15;/h3-11,16,22H,2,12-13H2,1H3,(H2,19,20,21);1H. The molecule has 0 amide bonds. The molecule has 124 valence electrons. The number of aliphatic hydroxyl groups is 1. The Morgan fingerprint density at radius 1 is 1.13 bits per heavy atom. The highest BCUT2D eigenvalue weighted by atomic mass is 127. The van der Waals surface area contributed by atoms with E-state index in [1.165, 1.54) is 0 Å². The van der Waals surface area contributed by atoms with Crippen LogP contribution in [0.3, 0.4) is 0 Å². The van der Waals surface area contributed by atoms with Gasteiger partial charge in [0.05, 0.1) is 12.6 Å². The van der Waals surface area contributed by atoms with Crippen molar-refractivity contribution in [3.63, 3.8) is 0 Å². The Bertz CT molecular complexity index is 578. The van der Waals surface area contributed by atoms with Crippen molar-refractivity contribution in [2.45, 2.75) is 19.6 Å². The summed E-state index contributed by atoms with van der Waals surface area (Å²) < 4.78 is 0. The van der Waals surface area contributed by atoms with E-state index in [9.17, 15) is 5.11 Å². The average Bonchev–Trinajstić information content (AvgIpc) is 2.59. The Kier molecular flexibility index (Phi) is 9.23. The summed E-state index contributed by atoms with van der Waals surface area (Å²) in [5.74, 6) is 0.694. The molecule has 0 saturated heterocycles. The van der Waals surface area contributed by atoms with Gasteiger partial charge in [-0.1, -0.05) is 30.3 Å². The molecule has 23 heavy (non-hydrogen) atoms. The van der Waals surface area contributed by atoms with E-state index in [-0.39, 0.29) is 24.0 Å². The van der Waals surface area contributed by atoms with Gasteiger partial charge in [-0.15, -0.1) is 24.0 Å². The van der Waals surface area contributed by atoms with E-state index in [1.54, 1.807) is 24.5 Å². The molecule has 0 aliphatic heterocycles. The molecule has 2 aromatic rings. The molecular formula is C17H23IN4O. The number of rotatable bonds is 6. The monoisotopic (exact) mass is 426 g/mol. The number of nitrogens with one attached hydrogen (secondary N) is 2. The van der Waals surface area contributed by atoms with Gasteiger partial charge in [0.25, 0.3) is 0 Å². The molecule has 1 aromatic carbocycles. The van der Waals surface area contributed by atoms with Gasteiger partial charge in [-0.3, -0.25) is 4.98 Å². The summed E-state index contributed by atoms with van der Waals surface area (Å²) in [5, 5.41) is 16.5. The van der Waals surface area contributed by atoms with Crippen molar-refractivity contribution < 1.29 is 5.11 Å². The third kappa shape index (κ3) is 6.96. The van der Waals surface area contributed by atoms with Gasteiger partial charge in [0.15, 0.2) is 5.96 Å². The van der Waals surface area contributed by atoms with Crippen molar-refractivity contribution in [3.8, 4) is 0 Å². The molecule has 1 atom stereocenters. The van der Waals surface area contributed by atoms with Gasteiger partial charge in [0, 0.05) is 25.5 Å². The van der Waals surface area contributed by atoms with Crippen molar-refractivity contribution in [2.75, 3.05) is 13.1 Å². The van der Waals surface area contributed by atoms with Crippen LogP contribution in [0.15, 0.2) is 59.9 Å². The summed E-state index contributed by atoms with van der Waals surface area (Å²) in [5.41, 5.74) is 1.98. The number of aromatic nitrogens is 1. The number of hydrogen-bond acceptors (Lipinski definition) is 3. The van der Waals surface area contributed by atoms with Gasteiger partial charge in [0.2, 0.25) is 0 Å². The number of hydrogen-bond donors (Lipinski definition) is 3. The number of aliphatic hydroxyl groups excluding tert-OH is 1. The highest BCUT2D eigenvalue weighted by Gasteiger charge is 2.07. The van der Waals surface area contributed by atoms with E-state index in [0.717, 1.165) is 17.7 Å². The maximum absolute atomic E-state index is 10.1. The molecule has 0 spiro atoms. The van der Waals surface area contributed by atoms with E-state index in [4.69, 9.17) is 0 Å². The van der Waals surface area contributed by atoms with E-state index in [2.05, 4.69) is 20.6 Å². The Hall–Kier alpha value is -1.67. The predicted octanol–water partition coefficient (Wildman–Crippen LogP) is 2.49. The molecule has 1 aromatic heterocycles. The first-order valence-electron chi connectivity index (χ1n) is 7.43.